The van der Waals surface area contributed by atoms with Crippen LogP contribution >= 0.6 is 35.4 Å². The summed E-state index contributed by atoms with van der Waals surface area (Å²) in [6, 6.07) is 10.3. The Bertz CT molecular complexity index is 1530. The second kappa shape index (κ2) is 11.4. The van der Waals surface area contributed by atoms with Gasteiger partial charge in [-0.1, -0.05) is 35.4 Å². The highest BCUT2D eigenvalue weighted by molar-refractivity contribution is 7.82. The lowest BCUT2D eigenvalue weighted by Gasteiger charge is -2.18. The number of carbonyl (C=O) groups excluding carboxylic acids is 2. The first kappa shape index (κ1) is 29.9. The predicted octanol–water partition coefficient (Wildman–Crippen LogP) is 8.20. The lowest BCUT2D eigenvalue weighted by molar-refractivity contribution is -0.275. The molecule has 1 aliphatic heterocycles. The first-order chi connectivity index (χ1) is 19.1. The molecule has 0 atom stereocenters. The number of ether oxygens (including phenoxy) is 2. The molecule has 0 aromatic heterocycles. The monoisotopic (exact) mass is 636 g/mol. The van der Waals surface area contributed by atoms with E-state index in [4.69, 9.17) is 35.4 Å². The molecule has 3 aromatic rings. The number of halogens is 8. The van der Waals surface area contributed by atoms with Crippen LogP contribution in [0.3, 0.4) is 0 Å². The highest BCUT2D eigenvalue weighted by Gasteiger charge is 2.42. The Balaban J connectivity index is 1.67. The van der Waals surface area contributed by atoms with Crippen molar-refractivity contribution in [2.45, 2.75) is 12.7 Å². The van der Waals surface area contributed by atoms with E-state index in [-0.39, 0.29) is 32.1 Å². The van der Waals surface area contributed by atoms with E-state index in [0.717, 1.165) is 58.3 Å². The zero-order chi connectivity index (χ0) is 30.1. The van der Waals surface area contributed by atoms with Crippen LogP contribution in [0.15, 0.2) is 71.7 Å². The number of rotatable bonds is 5. The van der Waals surface area contributed by atoms with Crippen molar-refractivity contribution in [1.29, 1.82) is 0 Å². The van der Waals surface area contributed by atoms with Gasteiger partial charge < -0.3 is 14.8 Å². The van der Waals surface area contributed by atoms with Gasteiger partial charge in [-0.2, -0.15) is 4.99 Å². The highest BCUT2D eigenvalue weighted by atomic mass is 35.5. The summed E-state index contributed by atoms with van der Waals surface area (Å²) < 4.78 is 82.5. The summed E-state index contributed by atoms with van der Waals surface area (Å²) in [5.74, 6) is -1.51. The standard InChI is InChI=1S/C24H12Cl2F6N4O4S/c25-17-10-5-14(11-18(17)26)36-20(41)19(34-21(37)33-12-1-6-15(7-2-12)39-23(27,28)29)35(22(36)38)13-3-8-16(9-4-13)40-24(30,31)32/h1-11H,(H,33,37). The molecular weight excluding hydrogens is 625 g/mol. The number of carbonyl (C=O) groups is 2. The minimum Gasteiger partial charge on any atom is -0.406 e. The molecule has 8 nitrogen and oxygen atoms in total. The Morgan fingerprint density at radius 1 is 0.780 bits per heavy atom. The molecule has 0 unspecified atom stereocenters. The largest absolute Gasteiger partial charge is 0.573 e. The van der Waals surface area contributed by atoms with Crippen molar-refractivity contribution >= 4 is 75.4 Å². The van der Waals surface area contributed by atoms with E-state index >= 15 is 0 Å². The molecule has 0 spiro atoms. The fourth-order valence-electron chi connectivity index (χ4n) is 3.44. The van der Waals surface area contributed by atoms with E-state index in [9.17, 15) is 35.9 Å². The molecule has 1 aliphatic rings. The van der Waals surface area contributed by atoms with Crippen molar-refractivity contribution in [1.82, 2.24) is 0 Å². The summed E-state index contributed by atoms with van der Waals surface area (Å²) in [4.78, 5) is 31.6. The third kappa shape index (κ3) is 7.36. The number of urea groups is 2. The molecule has 214 valence electrons. The third-order valence-corrected chi connectivity index (χ3v) is 6.13. The van der Waals surface area contributed by atoms with Crippen LogP contribution in [-0.4, -0.2) is 35.6 Å². The summed E-state index contributed by atoms with van der Waals surface area (Å²) >= 11 is 17.4. The van der Waals surface area contributed by atoms with E-state index in [0.29, 0.717) is 0 Å². The second-order valence-corrected chi connectivity index (χ2v) is 9.04. The van der Waals surface area contributed by atoms with Gasteiger partial charge in [-0.3, -0.25) is 0 Å². The number of hydrogen-bond acceptors (Lipinski definition) is 5. The second-order valence-electron chi connectivity index (χ2n) is 7.84. The number of alkyl halides is 6. The van der Waals surface area contributed by atoms with Crippen LogP contribution in [0, 0.1) is 0 Å². The van der Waals surface area contributed by atoms with Crippen molar-refractivity contribution in [3.63, 3.8) is 0 Å². The molecule has 1 N–H and O–H groups in total. The first-order valence-corrected chi connectivity index (χ1v) is 12.0. The van der Waals surface area contributed by atoms with Gasteiger partial charge in [0.25, 0.3) is 0 Å². The van der Waals surface area contributed by atoms with Gasteiger partial charge >= 0.3 is 24.8 Å². The molecule has 0 radical (unpaired) electrons. The zero-order valence-electron chi connectivity index (χ0n) is 19.8. The smallest absolute Gasteiger partial charge is 0.406 e. The number of thiocarbonyl (C=S) groups is 1. The molecule has 3 aromatic carbocycles. The fraction of sp³-hybridized carbons (Fsp3) is 0.0833. The topological polar surface area (TPSA) is 83.5 Å². The van der Waals surface area contributed by atoms with Crippen molar-refractivity contribution < 1.29 is 45.4 Å². The SMILES string of the molecule is O=C(N=C1C(=S)N(c2ccc(Cl)c(Cl)c2)C(=O)N1c1ccc(OC(F)(F)F)cc1)Nc1ccc(OC(F)(F)F)cc1. The molecule has 17 heteroatoms. The van der Waals surface area contributed by atoms with Gasteiger partial charge in [0.1, 0.15) is 11.5 Å². The van der Waals surface area contributed by atoms with Crippen LogP contribution in [0.4, 0.5) is 53.0 Å². The average Bonchev–Trinajstić information content (AvgIpc) is 3.10. The molecule has 1 heterocycles. The van der Waals surface area contributed by atoms with E-state index in [1.165, 1.54) is 18.2 Å². The number of aliphatic imine (C=N–C) groups is 1. The van der Waals surface area contributed by atoms with Gasteiger partial charge in [-0.15, -0.1) is 26.3 Å². The Morgan fingerprint density at radius 2 is 1.29 bits per heavy atom. The van der Waals surface area contributed by atoms with Gasteiger partial charge in [-0.25, -0.2) is 19.4 Å². The first-order valence-electron chi connectivity index (χ1n) is 10.9. The molecule has 1 fully saturated rings. The number of benzene rings is 3. The summed E-state index contributed by atoms with van der Waals surface area (Å²) in [5, 5.41) is 2.55. The lowest BCUT2D eigenvalue weighted by atomic mass is 10.3. The molecular formula is C24H12Cl2F6N4O4S. The van der Waals surface area contributed by atoms with Crippen LogP contribution in [0.2, 0.25) is 10.0 Å². The van der Waals surface area contributed by atoms with Crippen molar-refractivity contribution in [2.24, 2.45) is 4.99 Å². The average molecular weight is 637 g/mol. The van der Waals surface area contributed by atoms with Gasteiger partial charge in [0.05, 0.1) is 21.4 Å². The summed E-state index contributed by atoms with van der Waals surface area (Å²) in [7, 11) is 0. The maximum atomic E-state index is 13.5. The zero-order valence-corrected chi connectivity index (χ0v) is 22.1. The number of nitrogens with one attached hydrogen (secondary N) is 1. The van der Waals surface area contributed by atoms with Crippen LogP contribution in [0.1, 0.15) is 0 Å². The van der Waals surface area contributed by atoms with E-state index in [1.807, 2.05) is 0 Å². The number of hydrogen-bond donors (Lipinski definition) is 1. The Morgan fingerprint density at radius 3 is 1.80 bits per heavy atom. The minimum absolute atomic E-state index is 0.0191. The van der Waals surface area contributed by atoms with Crippen LogP contribution in [0.5, 0.6) is 11.5 Å². The maximum absolute atomic E-state index is 13.5. The number of anilines is 3. The van der Waals surface area contributed by atoms with Crippen molar-refractivity contribution in [3.8, 4) is 11.5 Å². The Hall–Kier alpha value is -4.08. The quantitative estimate of drug-likeness (QED) is 0.225. The van der Waals surface area contributed by atoms with E-state index in [1.54, 1.807) is 0 Å². The molecule has 4 rings (SSSR count). The van der Waals surface area contributed by atoms with Crippen LogP contribution < -0.4 is 24.6 Å². The Kier molecular flexibility index (Phi) is 8.33. The number of amides is 4. The molecule has 0 aliphatic carbocycles. The Labute approximate surface area is 241 Å². The van der Waals surface area contributed by atoms with Crippen molar-refractivity contribution in [3.05, 3.63) is 76.8 Å². The van der Waals surface area contributed by atoms with E-state index in [2.05, 4.69) is 19.8 Å². The predicted molar refractivity (Wildman–Crippen MR) is 142 cm³/mol. The number of nitrogens with zero attached hydrogens (tertiary/aromatic N) is 3. The lowest BCUT2D eigenvalue weighted by Crippen LogP contribution is -2.33. The van der Waals surface area contributed by atoms with Crippen molar-refractivity contribution in [2.75, 3.05) is 15.1 Å². The highest BCUT2D eigenvalue weighted by Crippen LogP contribution is 2.34. The van der Waals surface area contributed by atoms with Crippen LogP contribution in [0.25, 0.3) is 0 Å². The van der Waals surface area contributed by atoms with E-state index < -0.39 is 42.1 Å². The molecule has 0 saturated carbocycles. The molecule has 0 bridgehead atoms. The molecule has 1 saturated heterocycles. The summed E-state index contributed by atoms with van der Waals surface area (Å²) in [6.07, 6.45) is -9.87. The molecule has 4 amide bonds. The van der Waals surface area contributed by atoms with Gasteiger partial charge in [0.2, 0.25) is 0 Å². The van der Waals surface area contributed by atoms with Crippen LogP contribution in [-0.2, 0) is 0 Å². The fourth-order valence-corrected chi connectivity index (χ4v) is 4.05. The molecule has 41 heavy (non-hydrogen) atoms. The summed E-state index contributed by atoms with van der Waals surface area (Å²) in [6.45, 7) is 0. The van der Waals surface area contributed by atoms with Gasteiger partial charge in [-0.05, 0) is 66.7 Å². The maximum Gasteiger partial charge on any atom is 0.573 e. The van der Waals surface area contributed by atoms with Gasteiger partial charge in [0, 0.05) is 5.69 Å². The number of amidine groups is 1. The van der Waals surface area contributed by atoms with Gasteiger partial charge in [0.15, 0.2) is 10.8 Å². The normalized spacial score (nSPS) is 15.0. The summed E-state index contributed by atoms with van der Waals surface area (Å²) in [5.41, 5.74) is 0.127. The third-order valence-electron chi connectivity index (χ3n) is 5.03. The minimum atomic E-state index is -4.96.